The molecule has 0 aliphatic heterocycles. The molecule has 136 valence electrons. The largest absolute Gasteiger partial charge is 0.493 e. The summed E-state index contributed by atoms with van der Waals surface area (Å²) in [6.45, 7) is 6.34. The number of hydrogen-bond donors (Lipinski definition) is 2. The number of carbonyl (C=O) groups excluding carboxylic acids is 2. The van der Waals surface area contributed by atoms with Crippen molar-refractivity contribution >= 4 is 11.8 Å². The molecule has 0 unspecified atom stereocenters. The van der Waals surface area contributed by atoms with Crippen molar-refractivity contribution in [3.8, 4) is 11.5 Å². The number of amides is 2. The van der Waals surface area contributed by atoms with Gasteiger partial charge in [0, 0.05) is 0 Å². The second-order valence-corrected chi connectivity index (χ2v) is 5.35. The van der Waals surface area contributed by atoms with E-state index in [9.17, 15) is 9.59 Å². The summed E-state index contributed by atoms with van der Waals surface area (Å²) in [5.41, 5.74) is 5.46. The zero-order valence-electron chi connectivity index (χ0n) is 14.7. The van der Waals surface area contributed by atoms with Gasteiger partial charge >= 0.3 is 0 Å². The van der Waals surface area contributed by atoms with Gasteiger partial charge in [-0.2, -0.15) is 0 Å². The van der Waals surface area contributed by atoms with Gasteiger partial charge in [0.2, 0.25) is 0 Å². The molecule has 6 nitrogen and oxygen atoms in total. The summed E-state index contributed by atoms with van der Waals surface area (Å²) in [6, 6.07) is 13.6. The zero-order chi connectivity index (χ0) is 18.8. The number of hydrazine groups is 1. The Kier molecular flexibility index (Phi) is 7.24. The van der Waals surface area contributed by atoms with Gasteiger partial charge in [0.25, 0.3) is 11.8 Å². The van der Waals surface area contributed by atoms with E-state index in [1.54, 1.807) is 54.6 Å². The van der Waals surface area contributed by atoms with Crippen molar-refractivity contribution in [1.82, 2.24) is 10.9 Å². The molecule has 0 spiro atoms. The Balaban J connectivity index is 2.04. The maximum Gasteiger partial charge on any atom is 0.273 e. The summed E-state index contributed by atoms with van der Waals surface area (Å²) < 4.78 is 11.0. The van der Waals surface area contributed by atoms with Gasteiger partial charge in [-0.05, 0) is 30.7 Å². The van der Waals surface area contributed by atoms with Gasteiger partial charge in [0.1, 0.15) is 18.1 Å². The van der Waals surface area contributed by atoms with Crippen LogP contribution in [-0.2, 0) is 0 Å². The highest BCUT2D eigenvalue weighted by molar-refractivity contribution is 6.01. The maximum atomic E-state index is 12.4. The molecule has 2 amide bonds. The monoisotopic (exact) mass is 354 g/mol. The van der Waals surface area contributed by atoms with E-state index in [0.29, 0.717) is 29.2 Å². The first-order valence-electron chi connectivity index (χ1n) is 8.32. The molecule has 2 aromatic carbocycles. The van der Waals surface area contributed by atoms with Crippen LogP contribution in [0.4, 0.5) is 0 Å². The Labute approximate surface area is 152 Å². The summed E-state index contributed by atoms with van der Waals surface area (Å²) in [6.07, 6.45) is 2.41. The Morgan fingerprint density at radius 3 is 1.92 bits per heavy atom. The van der Waals surface area contributed by atoms with Crippen LogP contribution < -0.4 is 20.3 Å². The van der Waals surface area contributed by atoms with Gasteiger partial charge in [-0.15, -0.1) is 0 Å². The van der Waals surface area contributed by atoms with E-state index in [1.165, 1.54) is 0 Å². The fraction of sp³-hybridized carbons (Fsp3) is 0.200. The summed E-state index contributed by atoms with van der Waals surface area (Å²) in [5.74, 6) is -0.0684. The van der Waals surface area contributed by atoms with Gasteiger partial charge in [-0.3, -0.25) is 20.4 Å². The van der Waals surface area contributed by atoms with E-state index >= 15 is 0 Å². The standard InChI is InChI=1S/C20H22N2O4/c1-3-13-25-17-11-7-5-9-15(17)19(23)21-22-20(24)16-10-6-8-12-18(16)26-14-4-2/h3,5-12H,1,4,13-14H2,2H3,(H,21,23)(H,22,24). The van der Waals surface area contributed by atoms with E-state index in [4.69, 9.17) is 9.47 Å². The highest BCUT2D eigenvalue weighted by atomic mass is 16.5. The molecular formula is C20H22N2O4. The Morgan fingerprint density at radius 1 is 0.923 bits per heavy atom. The van der Waals surface area contributed by atoms with Gasteiger partial charge in [0.05, 0.1) is 17.7 Å². The molecule has 6 heteroatoms. The van der Waals surface area contributed by atoms with Gasteiger partial charge in [-0.25, -0.2) is 0 Å². The van der Waals surface area contributed by atoms with Crippen molar-refractivity contribution in [3.05, 3.63) is 72.3 Å². The topological polar surface area (TPSA) is 76.7 Å². The second kappa shape index (κ2) is 9.88. The number of para-hydroxylation sites is 2. The Morgan fingerprint density at radius 2 is 1.42 bits per heavy atom. The molecule has 2 aromatic rings. The van der Waals surface area contributed by atoms with Crippen molar-refractivity contribution in [2.75, 3.05) is 13.2 Å². The molecule has 0 aliphatic rings. The normalized spacial score (nSPS) is 9.88. The average Bonchev–Trinajstić information content (AvgIpc) is 2.69. The molecule has 2 N–H and O–H groups in total. The van der Waals surface area contributed by atoms with Crippen molar-refractivity contribution in [1.29, 1.82) is 0 Å². The number of hydrogen-bond acceptors (Lipinski definition) is 4. The third kappa shape index (κ3) is 5.11. The van der Waals surface area contributed by atoms with Crippen LogP contribution in [0.25, 0.3) is 0 Å². The minimum absolute atomic E-state index is 0.277. The fourth-order valence-corrected chi connectivity index (χ4v) is 2.17. The quantitative estimate of drug-likeness (QED) is 0.564. The number of carbonyl (C=O) groups is 2. The molecule has 26 heavy (non-hydrogen) atoms. The van der Waals surface area contributed by atoms with E-state index < -0.39 is 11.8 Å². The SMILES string of the molecule is C=CCOc1ccccc1C(=O)NNC(=O)c1ccccc1OCCC. The molecule has 0 aliphatic carbocycles. The van der Waals surface area contributed by atoms with Crippen LogP contribution >= 0.6 is 0 Å². The lowest BCUT2D eigenvalue weighted by molar-refractivity contribution is 0.0842. The number of ether oxygens (including phenoxy) is 2. The minimum Gasteiger partial charge on any atom is -0.493 e. The molecular weight excluding hydrogens is 332 g/mol. The molecule has 0 saturated heterocycles. The van der Waals surface area contributed by atoms with Gasteiger partial charge in [-0.1, -0.05) is 43.8 Å². The first-order chi connectivity index (χ1) is 12.7. The number of nitrogens with one attached hydrogen (secondary N) is 2. The van der Waals surface area contributed by atoms with Crippen molar-refractivity contribution < 1.29 is 19.1 Å². The molecule has 0 bridgehead atoms. The first kappa shape index (κ1) is 19.1. The van der Waals surface area contributed by atoms with E-state index in [1.807, 2.05) is 6.92 Å². The molecule has 0 fully saturated rings. The van der Waals surface area contributed by atoms with E-state index in [-0.39, 0.29) is 6.61 Å². The van der Waals surface area contributed by atoms with E-state index in [0.717, 1.165) is 6.42 Å². The Bertz CT molecular complexity index is 774. The van der Waals surface area contributed by atoms with Crippen LogP contribution in [0.1, 0.15) is 34.1 Å². The highest BCUT2D eigenvalue weighted by Crippen LogP contribution is 2.19. The van der Waals surface area contributed by atoms with Crippen LogP contribution in [-0.4, -0.2) is 25.0 Å². The third-order valence-corrected chi connectivity index (χ3v) is 3.37. The zero-order valence-corrected chi connectivity index (χ0v) is 14.7. The lowest BCUT2D eigenvalue weighted by Gasteiger charge is -2.13. The summed E-state index contributed by atoms with van der Waals surface area (Å²) in [5, 5.41) is 0. The molecule has 0 aromatic heterocycles. The maximum absolute atomic E-state index is 12.4. The number of rotatable bonds is 8. The van der Waals surface area contributed by atoms with Gasteiger partial charge in [0.15, 0.2) is 0 Å². The molecule has 0 saturated carbocycles. The summed E-state index contributed by atoms with van der Waals surface area (Å²) >= 11 is 0. The highest BCUT2D eigenvalue weighted by Gasteiger charge is 2.15. The van der Waals surface area contributed by atoms with Crippen LogP contribution in [0.5, 0.6) is 11.5 Å². The van der Waals surface area contributed by atoms with Crippen LogP contribution in [0, 0.1) is 0 Å². The van der Waals surface area contributed by atoms with Crippen LogP contribution in [0.2, 0.25) is 0 Å². The summed E-state index contributed by atoms with van der Waals surface area (Å²) in [4.78, 5) is 24.7. The smallest absolute Gasteiger partial charge is 0.273 e. The second-order valence-electron chi connectivity index (χ2n) is 5.35. The predicted octanol–water partition coefficient (Wildman–Crippen LogP) is 3.12. The molecule has 0 heterocycles. The molecule has 2 rings (SSSR count). The van der Waals surface area contributed by atoms with Crippen LogP contribution in [0.3, 0.4) is 0 Å². The minimum atomic E-state index is -0.482. The molecule has 0 radical (unpaired) electrons. The third-order valence-electron chi connectivity index (χ3n) is 3.37. The van der Waals surface area contributed by atoms with Crippen LogP contribution in [0.15, 0.2) is 61.2 Å². The average molecular weight is 354 g/mol. The predicted molar refractivity (Wildman–Crippen MR) is 99.3 cm³/mol. The van der Waals surface area contributed by atoms with Crippen molar-refractivity contribution in [2.24, 2.45) is 0 Å². The van der Waals surface area contributed by atoms with Gasteiger partial charge < -0.3 is 9.47 Å². The number of benzene rings is 2. The van der Waals surface area contributed by atoms with E-state index in [2.05, 4.69) is 17.4 Å². The lowest BCUT2D eigenvalue weighted by atomic mass is 10.2. The fourth-order valence-electron chi connectivity index (χ4n) is 2.17. The lowest BCUT2D eigenvalue weighted by Crippen LogP contribution is -2.41. The first-order valence-corrected chi connectivity index (χ1v) is 8.32. The Hall–Kier alpha value is -3.28. The van der Waals surface area contributed by atoms with Crippen molar-refractivity contribution in [2.45, 2.75) is 13.3 Å². The molecule has 0 atom stereocenters. The summed E-state index contributed by atoms with van der Waals surface area (Å²) in [7, 11) is 0. The van der Waals surface area contributed by atoms with Crippen molar-refractivity contribution in [3.63, 3.8) is 0 Å².